The van der Waals surface area contributed by atoms with Crippen LogP contribution in [0.25, 0.3) is 0 Å². The maximum absolute atomic E-state index is 4.52. The largest absolute Gasteiger partial charge is 0.357 e. The van der Waals surface area contributed by atoms with Gasteiger partial charge in [-0.25, -0.2) is 4.98 Å². The number of hydrogen-bond donors (Lipinski definition) is 1. The Morgan fingerprint density at radius 2 is 2.16 bits per heavy atom. The number of anilines is 1. The molecular weight excluding hydrogens is 236 g/mol. The molecule has 2 heterocycles. The summed E-state index contributed by atoms with van der Waals surface area (Å²) < 4.78 is 0. The Balaban J connectivity index is 1.99. The van der Waals surface area contributed by atoms with Crippen molar-refractivity contribution >= 4 is 5.82 Å². The zero-order chi connectivity index (χ0) is 13.7. The topological polar surface area (TPSA) is 31.4 Å². The summed E-state index contributed by atoms with van der Waals surface area (Å²) in [5.41, 5.74) is 1.30. The summed E-state index contributed by atoms with van der Waals surface area (Å²) in [5.74, 6) is 1.10. The van der Waals surface area contributed by atoms with E-state index in [-0.39, 0.29) is 0 Å². The Morgan fingerprint density at radius 3 is 2.79 bits per heavy atom. The van der Waals surface area contributed by atoms with Crippen molar-refractivity contribution in [3.63, 3.8) is 0 Å². The van der Waals surface area contributed by atoms with Crippen LogP contribution in [0.15, 0.2) is 18.3 Å². The van der Waals surface area contributed by atoms with Gasteiger partial charge in [-0.3, -0.25) is 0 Å². The predicted molar refractivity (Wildman–Crippen MR) is 80.5 cm³/mol. The van der Waals surface area contributed by atoms with E-state index in [4.69, 9.17) is 0 Å². The van der Waals surface area contributed by atoms with Crippen LogP contribution in [-0.4, -0.2) is 49.7 Å². The molecule has 1 N–H and O–H groups in total. The minimum atomic E-state index is 0.625. The first-order chi connectivity index (χ1) is 9.24. The van der Waals surface area contributed by atoms with Crippen LogP contribution < -0.4 is 10.2 Å². The van der Waals surface area contributed by atoms with Crippen molar-refractivity contribution in [3.05, 3.63) is 23.9 Å². The molecule has 1 aliphatic rings. The highest BCUT2D eigenvalue weighted by Gasteiger charge is 2.22. The first-order valence-electron chi connectivity index (χ1n) is 7.29. The van der Waals surface area contributed by atoms with Crippen molar-refractivity contribution in [2.75, 3.05) is 38.6 Å². The van der Waals surface area contributed by atoms with Crippen molar-refractivity contribution in [2.45, 2.75) is 32.4 Å². The molecule has 0 radical (unpaired) electrons. The second kappa shape index (κ2) is 6.87. The minimum absolute atomic E-state index is 0.625. The monoisotopic (exact) mass is 262 g/mol. The maximum Gasteiger partial charge on any atom is 0.128 e. The second-order valence-corrected chi connectivity index (χ2v) is 5.33. The lowest BCUT2D eigenvalue weighted by atomic mass is 10.0. The molecular formula is C15H26N4. The van der Waals surface area contributed by atoms with Crippen LogP contribution in [0.1, 0.15) is 25.3 Å². The van der Waals surface area contributed by atoms with Crippen molar-refractivity contribution in [3.8, 4) is 0 Å². The van der Waals surface area contributed by atoms with Crippen molar-refractivity contribution < 1.29 is 0 Å². The van der Waals surface area contributed by atoms with Crippen LogP contribution in [0.2, 0.25) is 0 Å². The summed E-state index contributed by atoms with van der Waals surface area (Å²) in [7, 11) is 4.15. The highest BCUT2D eigenvalue weighted by atomic mass is 15.2. The zero-order valence-electron chi connectivity index (χ0n) is 12.4. The number of aromatic nitrogens is 1. The molecule has 0 atom stereocenters. The van der Waals surface area contributed by atoms with Gasteiger partial charge in [0, 0.05) is 38.9 Å². The van der Waals surface area contributed by atoms with Crippen LogP contribution >= 0.6 is 0 Å². The summed E-state index contributed by atoms with van der Waals surface area (Å²) in [5, 5.41) is 3.19. The van der Waals surface area contributed by atoms with Crippen LogP contribution in [-0.2, 0) is 6.54 Å². The van der Waals surface area contributed by atoms with Crippen LogP contribution in [0, 0.1) is 0 Å². The summed E-state index contributed by atoms with van der Waals surface area (Å²) in [4.78, 5) is 9.40. The first-order valence-corrected chi connectivity index (χ1v) is 7.29. The Hall–Kier alpha value is -1.13. The molecule has 0 spiro atoms. The standard InChI is InChI=1S/C15H26N4/c1-4-19-9-6-14(7-10-19)18(3)15-11-13(12-16-2)5-8-17-15/h5,8,11,14,16H,4,6-7,9-10,12H2,1-3H3. The highest BCUT2D eigenvalue weighted by Crippen LogP contribution is 2.21. The molecule has 0 bridgehead atoms. The van der Waals surface area contributed by atoms with Gasteiger partial charge in [0.1, 0.15) is 5.82 Å². The first kappa shape index (κ1) is 14.3. The third-order valence-electron chi connectivity index (χ3n) is 4.10. The number of pyridine rings is 1. The van der Waals surface area contributed by atoms with Crippen LogP contribution in [0.5, 0.6) is 0 Å². The smallest absolute Gasteiger partial charge is 0.128 e. The summed E-state index contributed by atoms with van der Waals surface area (Å²) in [6.45, 7) is 6.74. The zero-order valence-corrected chi connectivity index (χ0v) is 12.4. The number of rotatable bonds is 5. The lowest BCUT2D eigenvalue weighted by Crippen LogP contribution is -2.43. The molecule has 19 heavy (non-hydrogen) atoms. The summed E-state index contributed by atoms with van der Waals surface area (Å²) >= 11 is 0. The summed E-state index contributed by atoms with van der Waals surface area (Å²) in [6, 6.07) is 4.90. The number of likely N-dealkylation sites (tertiary alicyclic amines) is 1. The molecule has 2 rings (SSSR count). The molecule has 0 aromatic carbocycles. The Labute approximate surface area is 116 Å². The molecule has 4 nitrogen and oxygen atoms in total. The minimum Gasteiger partial charge on any atom is -0.357 e. The lowest BCUT2D eigenvalue weighted by Gasteiger charge is -2.37. The molecule has 1 aromatic heterocycles. The molecule has 0 unspecified atom stereocenters. The van der Waals surface area contributed by atoms with Gasteiger partial charge in [-0.2, -0.15) is 0 Å². The molecule has 1 saturated heterocycles. The third kappa shape index (κ3) is 3.67. The van der Waals surface area contributed by atoms with Gasteiger partial charge in [0.25, 0.3) is 0 Å². The Bertz CT molecular complexity index is 385. The van der Waals surface area contributed by atoms with Gasteiger partial charge in [0.05, 0.1) is 0 Å². The average molecular weight is 262 g/mol. The molecule has 1 aliphatic heterocycles. The Morgan fingerprint density at radius 1 is 1.42 bits per heavy atom. The van der Waals surface area contributed by atoms with Gasteiger partial charge in [-0.15, -0.1) is 0 Å². The van der Waals surface area contributed by atoms with Crippen LogP contribution in [0.3, 0.4) is 0 Å². The fraction of sp³-hybridized carbons (Fsp3) is 0.667. The normalized spacial score (nSPS) is 17.6. The molecule has 0 aliphatic carbocycles. The van der Waals surface area contributed by atoms with E-state index in [9.17, 15) is 0 Å². The molecule has 4 heteroatoms. The van der Waals surface area contributed by atoms with Gasteiger partial charge in [-0.1, -0.05) is 6.92 Å². The van der Waals surface area contributed by atoms with Gasteiger partial charge >= 0.3 is 0 Å². The van der Waals surface area contributed by atoms with E-state index in [0.717, 1.165) is 12.4 Å². The van der Waals surface area contributed by atoms with Gasteiger partial charge in [-0.05, 0) is 44.1 Å². The van der Waals surface area contributed by atoms with E-state index in [1.54, 1.807) is 0 Å². The fourth-order valence-electron chi connectivity index (χ4n) is 2.78. The van der Waals surface area contributed by atoms with E-state index < -0.39 is 0 Å². The lowest BCUT2D eigenvalue weighted by molar-refractivity contribution is 0.220. The van der Waals surface area contributed by atoms with Gasteiger partial charge < -0.3 is 15.1 Å². The van der Waals surface area contributed by atoms with Crippen LogP contribution in [0.4, 0.5) is 5.82 Å². The van der Waals surface area contributed by atoms with E-state index in [1.165, 1.54) is 38.0 Å². The van der Waals surface area contributed by atoms with E-state index >= 15 is 0 Å². The van der Waals surface area contributed by atoms with Gasteiger partial charge in [0.2, 0.25) is 0 Å². The molecule has 1 fully saturated rings. The maximum atomic E-state index is 4.52. The molecule has 0 amide bonds. The van der Waals surface area contributed by atoms with E-state index in [0.29, 0.717) is 6.04 Å². The number of nitrogens with one attached hydrogen (secondary N) is 1. The van der Waals surface area contributed by atoms with Crippen molar-refractivity contribution in [1.29, 1.82) is 0 Å². The Kier molecular flexibility index (Phi) is 5.16. The molecule has 0 saturated carbocycles. The number of nitrogens with zero attached hydrogens (tertiary/aromatic N) is 3. The fourth-order valence-corrected chi connectivity index (χ4v) is 2.78. The average Bonchev–Trinajstić information content (AvgIpc) is 2.47. The molecule has 1 aromatic rings. The quantitative estimate of drug-likeness (QED) is 0.875. The SMILES string of the molecule is CCN1CCC(N(C)c2cc(CNC)ccn2)CC1. The predicted octanol–water partition coefficient (Wildman–Crippen LogP) is 1.72. The molecule has 106 valence electrons. The number of hydrogen-bond acceptors (Lipinski definition) is 4. The summed E-state index contributed by atoms with van der Waals surface area (Å²) in [6.07, 6.45) is 4.39. The second-order valence-electron chi connectivity index (χ2n) is 5.33. The highest BCUT2D eigenvalue weighted by molar-refractivity contribution is 5.41. The third-order valence-corrected chi connectivity index (χ3v) is 4.10. The van der Waals surface area contributed by atoms with E-state index in [1.807, 2.05) is 13.2 Å². The number of piperidine rings is 1. The van der Waals surface area contributed by atoms with E-state index in [2.05, 4.69) is 46.2 Å². The van der Waals surface area contributed by atoms with Crippen molar-refractivity contribution in [2.24, 2.45) is 0 Å². The van der Waals surface area contributed by atoms with Crippen molar-refractivity contribution in [1.82, 2.24) is 15.2 Å². The van der Waals surface area contributed by atoms with Gasteiger partial charge in [0.15, 0.2) is 0 Å².